The minimum atomic E-state index is 0.543. The van der Waals surface area contributed by atoms with Crippen molar-refractivity contribution in [1.82, 2.24) is 30.2 Å². The largest absolute Gasteiger partial charge is 0.299 e. The molecule has 1 N–H and O–H groups in total. The highest BCUT2D eigenvalue weighted by Crippen LogP contribution is 2.26. The summed E-state index contributed by atoms with van der Waals surface area (Å²) in [4.78, 5) is 4.51. The van der Waals surface area contributed by atoms with Gasteiger partial charge in [-0.15, -0.1) is 10.2 Å². The standard InChI is InChI=1S/C21H13N7/c22-12-14-4-6-15(7-5-14)16-2-1-3-18(10-16)28-13-23-19-9-8-17(11-20(19)28)21-24-26-27-25-21/h1-11,13H,(H,24,25,26,27). The van der Waals surface area contributed by atoms with Gasteiger partial charge in [0.1, 0.15) is 6.33 Å². The number of benzene rings is 3. The van der Waals surface area contributed by atoms with Gasteiger partial charge in [0.05, 0.1) is 22.7 Å². The Morgan fingerprint density at radius 2 is 1.75 bits per heavy atom. The number of imidazole rings is 1. The first-order valence-electron chi connectivity index (χ1n) is 8.64. The van der Waals surface area contributed by atoms with E-state index in [1.807, 2.05) is 65.5 Å². The molecule has 132 valence electrons. The zero-order chi connectivity index (χ0) is 18.9. The third-order valence-corrected chi connectivity index (χ3v) is 4.62. The SMILES string of the molecule is N#Cc1ccc(-c2cccc(-n3cnc4ccc(-c5nn[nH]n5)cc43)c2)cc1. The summed E-state index contributed by atoms with van der Waals surface area (Å²) in [7, 11) is 0. The van der Waals surface area contributed by atoms with Gasteiger partial charge >= 0.3 is 0 Å². The van der Waals surface area contributed by atoms with Crippen LogP contribution in [0.1, 0.15) is 5.56 Å². The molecular weight excluding hydrogens is 350 g/mol. The van der Waals surface area contributed by atoms with Crippen LogP contribution in [0.3, 0.4) is 0 Å². The first kappa shape index (κ1) is 15.9. The van der Waals surface area contributed by atoms with Crippen molar-refractivity contribution in [3.8, 4) is 34.3 Å². The molecule has 0 atom stereocenters. The van der Waals surface area contributed by atoms with Crippen LogP contribution in [0, 0.1) is 11.3 Å². The van der Waals surface area contributed by atoms with E-state index in [9.17, 15) is 0 Å². The van der Waals surface area contributed by atoms with Gasteiger partial charge in [0.25, 0.3) is 0 Å². The van der Waals surface area contributed by atoms with Crippen LogP contribution in [-0.4, -0.2) is 30.2 Å². The lowest BCUT2D eigenvalue weighted by Crippen LogP contribution is -1.93. The lowest BCUT2D eigenvalue weighted by atomic mass is 10.0. The summed E-state index contributed by atoms with van der Waals surface area (Å²) in [6, 6.07) is 23.8. The highest BCUT2D eigenvalue weighted by Gasteiger charge is 2.10. The first-order valence-corrected chi connectivity index (χ1v) is 8.64. The van der Waals surface area contributed by atoms with E-state index in [4.69, 9.17) is 5.26 Å². The summed E-state index contributed by atoms with van der Waals surface area (Å²) in [5.41, 5.74) is 6.47. The van der Waals surface area contributed by atoms with Crippen LogP contribution >= 0.6 is 0 Å². The predicted octanol–water partition coefficient (Wildman–Crippen LogP) is 3.74. The molecule has 0 fully saturated rings. The van der Waals surface area contributed by atoms with Crippen LogP contribution in [0.2, 0.25) is 0 Å². The van der Waals surface area contributed by atoms with E-state index in [0.717, 1.165) is 33.4 Å². The highest BCUT2D eigenvalue weighted by molar-refractivity contribution is 5.82. The molecule has 2 heterocycles. The third-order valence-electron chi connectivity index (χ3n) is 4.62. The maximum Gasteiger partial charge on any atom is 0.204 e. The minimum absolute atomic E-state index is 0.543. The van der Waals surface area contributed by atoms with E-state index < -0.39 is 0 Å². The first-order chi connectivity index (χ1) is 13.8. The molecule has 0 saturated carbocycles. The van der Waals surface area contributed by atoms with E-state index in [1.54, 1.807) is 0 Å². The number of hydrogen-bond acceptors (Lipinski definition) is 5. The second-order valence-electron chi connectivity index (χ2n) is 6.29. The fourth-order valence-electron chi connectivity index (χ4n) is 3.21. The Bertz CT molecular complexity index is 1310. The zero-order valence-electron chi connectivity index (χ0n) is 14.6. The van der Waals surface area contributed by atoms with Gasteiger partial charge in [-0.25, -0.2) is 4.98 Å². The molecule has 0 aliphatic carbocycles. The maximum absolute atomic E-state index is 8.98. The quantitative estimate of drug-likeness (QED) is 0.527. The number of fused-ring (bicyclic) bond motifs is 1. The lowest BCUT2D eigenvalue weighted by Gasteiger charge is -2.08. The van der Waals surface area contributed by atoms with Gasteiger partial charge in [-0.2, -0.15) is 10.5 Å². The van der Waals surface area contributed by atoms with Gasteiger partial charge in [0.2, 0.25) is 5.82 Å². The molecule has 5 aromatic rings. The number of hydrogen-bond donors (Lipinski definition) is 1. The average Bonchev–Trinajstić information content (AvgIpc) is 3.43. The number of nitrogens with one attached hydrogen (secondary N) is 1. The van der Waals surface area contributed by atoms with Gasteiger partial charge in [-0.05, 0) is 58.8 Å². The molecule has 0 amide bonds. The summed E-state index contributed by atoms with van der Waals surface area (Å²) in [6.07, 6.45) is 1.81. The van der Waals surface area contributed by atoms with Crippen molar-refractivity contribution >= 4 is 11.0 Å². The molecule has 0 aliphatic rings. The van der Waals surface area contributed by atoms with Gasteiger partial charge in [0.15, 0.2) is 0 Å². The number of nitrogens with zero attached hydrogens (tertiary/aromatic N) is 6. The van der Waals surface area contributed by atoms with E-state index in [0.29, 0.717) is 11.4 Å². The molecule has 0 radical (unpaired) electrons. The Morgan fingerprint density at radius 3 is 2.54 bits per heavy atom. The van der Waals surface area contributed by atoms with Crippen LogP contribution in [-0.2, 0) is 0 Å². The predicted molar refractivity (Wildman–Crippen MR) is 104 cm³/mol. The summed E-state index contributed by atoms with van der Waals surface area (Å²) >= 11 is 0. The van der Waals surface area contributed by atoms with Gasteiger partial charge in [-0.1, -0.05) is 24.3 Å². The Hall–Kier alpha value is -4.31. The highest BCUT2D eigenvalue weighted by atomic mass is 15.5. The summed E-state index contributed by atoms with van der Waals surface area (Å²) in [5.74, 6) is 0.543. The molecule has 0 aliphatic heterocycles. The van der Waals surface area contributed by atoms with Crippen LogP contribution in [0.15, 0.2) is 73.1 Å². The number of H-pyrrole nitrogens is 1. The molecular formula is C21H13N7. The fraction of sp³-hybridized carbons (Fsp3) is 0. The van der Waals surface area contributed by atoms with Crippen molar-refractivity contribution in [2.75, 3.05) is 0 Å². The van der Waals surface area contributed by atoms with Gasteiger partial charge < -0.3 is 0 Å². The molecule has 7 nitrogen and oxygen atoms in total. The van der Waals surface area contributed by atoms with E-state index in [-0.39, 0.29) is 0 Å². The normalized spacial score (nSPS) is 10.8. The Balaban J connectivity index is 1.60. The van der Waals surface area contributed by atoms with E-state index >= 15 is 0 Å². The molecule has 0 saturated heterocycles. The van der Waals surface area contributed by atoms with E-state index in [1.165, 1.54) is 0 Å². The van der Waals surface area contributed by atoms with Crippen molar-refractivity contribution in [1.29, 1.82) is 5.26 Å². The number of rotatable bonds is 3. The van der Waals surface area contributed by atoms with Crippen LogP contribution in [0.4, 0.5) is 0 Å². The number of aromatic amines is 1. The zero-order valence-corrected chi connectivity index (χ0v) is 14.6. The van der Waals surface area contributed by atoms with E-state index in [2.05, 4.69) is 43.8 Å². The number of aromatic nitrogens is 6. The smallest absolute Gasteiger partial charge is 0.204 e. The molecule has 7 heteroatoms. The van der Waals surface area contributed by atoms with Gasteiger partial charge in [-0.3, -0.25) is 4.57 Å². The summed E-state index contributed by atoms with van der Waals surface area (Å²) < 4.78 is 2.03. The number of nitriles is 1. The van der Waals surface area contributed by atoms with Crippen LogP contribution in [0.5, 0.6) is 0 Å². The third kappa shape index (κ3) is 2.70. The molecule has 0 bridgehead atoms. The number of tetrazole rings is 1. The summed E-state index contributed by atoms with van der Waals surface area (Å²) in [5, 5.41) is 23.2. The van der Waals surface area contributed by atoms with Crippen LogP contribution < -0.4 is 0 Å². The van der Waals surface area contributed by atoms with Gasteiger partial charge in [0, 0.05) is 11.3 Å². The monoisotopic (exact) mass is 363 g/mol. The fourth-order valence-corrected chi connectivity index (χ4v) is 3.21. The van der Waals surface area contributed by atoms with Crippen LogP contribution in [0.25, 0.3) is 39.2 Å². The Morgan fingerprint density at radius 1 is 0.893 bits per heavy atom. The molecule has 28 heavy (non-hydrogen) atoms. The molecule has 0 unspecified atom stereocenters. The average molecular weight is 363 g/mol. The Kier molecular flexibility index (Phi) is 3.66. The van der Waals surface area contributed by atoms with Crippen molar-refractivity contribution in [3.63, 3.8) is 0 Å². The second kappa shape index (κ2) is 6.45. The van der Waals surface area contributed by atoms with Crippen molar-refractivity contribution < 1.29 is 0 Å². The summed E-state index contributed by atoms with van der Waals surface area (Å²) in [6.45, 7) is 0. The molecule has 0 spiro atoms. The molecule has 5 rings (SSSR count). The Labute approximate surface area is 159 Å². The van der Waals surface area contributed by atoms with Crippen molar-refractivity contribution in [2.45, 2.75) is 0 Å². The topological polar surface area (TPSA) is 96.1 Å². The molecule has 2 aromatic heterocycles. The van der Waals surface area contributed by atoms with Crippen molar-refractivity contribution in [2.24, 2.45) is 0 Å². The second-order valence-corrected chi connectivity index (χ2v) is 6.29. The van der Waals surface area contributed by atoms with Crippen molar-refractivity contribution in [3.05, 3.63) is 78.6 Å². The lowest BCUT2D eigenvalue weighted by molar-refractivity contribution is 0.881. The maximum atomic E-state index is 8.98. The minimum Gasteiger partial charge on any atom is -0.299 e. The molecule has 3 aromatic carbocycles.